The molecule has 0 aliphatic rings. The number of phenols is 1. The molecule has 2 aromatic rings. The number of carbonyl (C=O) groups excluding carboxylic acids is 1. The first-order valence-electron chi connectivity index (χ1n) is 5.29. The number of nitrogens with one attached hydrogen (secondary N) is 1. The number of aromatic nitrogens is 1. The highest BCUT2D eigenvalue weighted by Gasteiger charge is 2.13. The molecule has 92 valence electrons. The molecule has 0 aliphatic carbocycles. The van der Waals surface area contributed by atoms with Crippen molar-refractivity contribution in [1.82, 2.24) is 4.98 Å². The second-order valence-electron chi connectivity index (χ2n) is 3.78. The fourth-order valence-corrected chi connectivity index (χ4v) is 1.65. The number of aromatic hydroxyl groups is 1. The number of phenolic OH excluding ortho intramolecular Hbond substituents is 1. The van der Waals surface area contributed by atoms with Crippen LogP contribution < -0.4 is 5.32 Å². The van der Waals surface area contributed by atoms with E-state index in [1.54, 1.807) is 31.2 Å². The van der Waals surface area contributed by atoms with Crippen LogP contribution >= 0.6 is 11.6 Å². The molecule has 1 heterocycles. The van der Waals surface area contributed by atoms with E-state index in [0.29, 0.717) is 16.3 Å². The Kier molecular flexibility index (Phi) is 3.48. The van der Waals surface area contributed by atoms with E-state index < -0.39 is 5.91 Å². The molecular formula is C13H11ClN2O2. The molecule has 0 saturated carbocycles. The van der Waals surface area contributed by atoms with Crippen LogP contribution in [-0.2, 0) is 0 Å². The number of halogens is 1. The lowest BCUT2D eigenvalue weighted by molar-refractivity contribution is 0.102. The lowest BCUT2D eigenvalue weighted by atomic mass is 10.1. The van der Waals surface area contributed by atoms with Gasteiger partial charge in [0.05, 0.1) is 22.5 Å². The van der Waals surface area contributed by atoms with Crippen molar-refractivity contribution in [3.63, 3.8) is 0 Å². The summed E-state index contributed by atoms with van der Waals surface area (Å²) in [5, 5.41) is 12.8. The van der Waals surface area contributed by atoms with Crippen molar-refractivity contribution in [2.75, 3.05) is 5.32 Å². The first kappa shape index (κ1) is 12.4. The van der Waals surface area contributed by atoms with Gasteiger partial charge < -0.3 is 10.4 Å². The Balaban J connectivity index is 2.28. The van der Waals surface area contributed by atoms with Crippen LogP contribution in [0.1, 0.15) is 15.9 Å². The number of anilines is 1. The van der Waals surface area contributed by atoms with Gasteiger partial charge in [-0.05, 0) is 24.6 Å². The van der Waals surface area contributed by atoms with Crippen molar-refractivity contribution in [2.45, 2.75) is 6.92 Å². The van der Waals surface area contributed by atoms with E-state index >= 15 is 0 Å². The van der Waals surface area contributed by atoms with E-state index in [1.807, 2.05) is 0 Å². The van der Waals surface area contributed by atoms with E-state index in [4.69, 9.17) is 11.6 Å². The smallest absolute Gasteiger partial charge is 0.259 e. The average molecular weight is 263 g/mol. The highest BCUT2D eigenvalue weighted by Crippen LogP contribution is 2.24. The number of amides is 1. The number of nitrogens with zero attached hydrogens (tertiary/aromatic N) is 1. The van der Waals surface area contributed by atoms with Crippen molar-refractivity contribution in [3.05, 3.63) is 52.8 Å². The molecule has 2 N–H and O–H groups in total. The summed E-state index contributed by atoms with van der Waals surface area (Å²) in [5.74, 6) is -0.457. The van der Waals surface area contributed by atoms with Crippen LogP contribution in [0.4, 0.5) is 5.69 Å². The minimum Gasteiger partial charge on any atom is -0.507 e. The minimum atomic E-state index is -0.425. The molecular weight excluding hydrogens is 252 g/mol. The molecule has 4 nitrogen and oxygen atoms in total. The highest BCUT2D eigenvalue weighted by molar-refractivity contribution is 6.33. The zero-order valence-corrected chi connectivity index (χ0v) is 10.4. The summed E-state index contributed by atoms with van der Waals surface area (Å²) >= 11 is 5.91. The van der Waals surface area contributed by atoms with Gasteiger partial charge in [-0.1, -0.05) is 23.7 Å². The molecule has 0 saturated heterocycles. The molecule has 0 spiro atoms. The van der Waals surface area contributed by atoms with Crippen LogP contribution in [0.3, 0.4) is 0 Å². The zero-order chi connectivity index (χ0) is 13.1. The fourth-order valence-electron chi connectivity index (χ4n) is 1.50. The third-order valence-corrected chi connectivity index (χ3v) is 2.83. The van der Waals surface area contributed by atoms with Crippen molar-refractivity contribution >= 4 is 23.2 Å². The van der Waals surface area contributed by atoms with Gasteiger partial charge in [-0.15, -0.1) is 0 Å². The Labute approximate surface area is 109 Å². The van der Waals surface area contributed by atoms with E-state index in [1.165, 1.54) is 12.4 Å². The standard InChI is InChI=1S/C13H11ClN2O2/c1-8-3-2-4-9(12(8)17)13(18)16-11-7-15-6-5-10(11)14/h2-7,17H,1H3,(H,16,18). The van der Waals surface area contributed by atoms with Gasteiger partial charge in [0.1, 0.15) is 5.75 Å². The van der Waals surface area contributed by atoms with Crippen LogP contribution in [0, 0.1) is 6.92 Å². The van der Waals surface area contributed by atoms with Gasteiger partial charge >= 0.3 is 0 Å². The van der Waals surface area contributed by atoms with Crippen molar-refractivity contribution in [1.29, 1.82) is 0 Å². The number of para-hydroxylation sites is 1. The van der Waals surface area contributed by atoms with E-state index in [0.717, 1.165) is 0 Å². The molecule has 0 aliphatic heterocycles. The molecule has 18 heavy (non-hydrogen) atoms. The van der Waals surface area contributed by atoms with E-state index in [-0.39, 0.29) is 11.3 Å². The molecule has 2 rings (SSSR count). The largest absolute Gasteiger partial charge is 0.507 e. The molecule has 0 fully saturated rings. The molecule has 0 unspecified atom stereocenters. The molecule has 0 bridgehead atoms. The number of hydrogen-bond donors (Lipinski definition) is 2. The van der Waals surface area contributed by atoms with Gasteiger partial charge in [-0.25, -0.2) is 0 Å². The maximum atomic E-state index is 12.0. The normalized spacial score (nSPS) is 10.1. The molecule has 0 atom stereocenters. The minimum absolute atomic E-state index is 0.0324. The molecule has 1 amide bonds. The van der Waals surface area contributed by atoms with Gasteiger partial charge in [0.15, 0.2) is 0 Å². The monoisotopic (exact) mass is 262 g/mol. The summed E-state index contributed by atoms with van der Waals surface area (Å²) in [5.41, 5.74) is 1.25. The Morgan fingerprint density at radius 1 is 1.39 bits per heavy atom. The number of carbonyl (C=O) groups is 1. The molecule has 5 heteroatoms. The fraction of sp³-hybridized carbons (Fsp3) is 0.0769. The molecule has 0 radical (unpaired) electrons. The SMILES string of the molecule is Cc1cccc(C(=O)Nc2cnccc2Cl)c1O. The maximum Gasteiger partial charge on any atom is 0.259 e. The maximum absolute atomic E-state index is 12.0. The summed E-state index contributed by atoms with van der Waals surface area (Å²) in [4.78, 5) is 15.9. The second kappa shape index (κ2) is 5.06. The van der Waals surface area contributed by atoms with Gasteiger partial charge in [0.2, 0.25) is 0 Å². The van der Waals surface area contributed by atoms with Gasteiger partial charge in [0, 0.05) is 6.20 Å². The number of rotatable bonds is 2. The summed E-state index contributed by atoms with van der Waals surface area (Å²) in [6, 6.07) is 6.55. The van der Waals surface area contributed by atoms with E-state index in [9.17, 15) is 9.90 Å². The highest BCUT2D eigenvalue weighted by atomic mass is 35.5. The number of aryl methyl sites for hydroxylation is 1. The van der Waals surface area contributed by atoms with E-state index in [2.05, 4.69) is 10.3 Å². The van der Waals surface area contributed by atoms with Crippen molar-refractivity contribution in [3.8, 4) is 5.75 Å². The topological polar surface area (TPSA) is 62.2 Å². The lowest BCUT2D eigenvalue weighted by Crippen LogP contribution is -2.12. The Hall–Kier alpha value is -2.07. The first-order chi connectivity index (χ1) is 8.59. The lowest BCUT2D eigenvalue weighted by Gasteiger charge is -2.08. The molecule has 1 aromatic carbocycles. The van der Waals surface area contributed by atoms with Crippen LogP contribution in [-0.4, -0.2) is 16.0 Å². The van der Waals surface area contributed by atoms with Gasteiger partial charge in [0.25, 0.3) is 5.91 Å². The zero-order valence-electron chi connectivity index (χ0n) is 9.64. The Morgan fingerprint density at radius 3 is 2.89 bits per heavy atom. The summed E-state index contributed by atoms with van der Waals surface area (Å²) in [6.45, 7) is 1.73. The quantitative estimate of drug-likeness (QED) is 0.875. The van der Waals surface area contributed by atoms with Gasteiger partial charge in [-0.2, -0.15) is 0 Å². The third-order valence-electron chi connectivity index (χ3n) is 2.50. The predicted octanol–water partition coefficient (Wildman–Crippen LogP) is 3.00. The third kappa shape index (κ3) is 2.43. The summed E-state index contributed by atoms with van der Waals surface area (Å²) in [6.07, 6.45) is 2.98. The molecule has 1 aromatic heterocycles. The predicted molar refractivity (Wildman–Crippen MR) is 70.0 cm³/mol. The summed E-state index contributed by atoms with van der Waals surface area (Å²) in [7, 11) is 0. The van der Waals surface area contributed by atoms with Crippen LogP contribution in [0.15, 0.2) is 36.7 Å². The average Bonchev–Trinajstić information content (AvgIpc) is 2.35. The van der Waals surface area contributed by atoms with Gasteiger partial charge in [-0.3, -0.25) is 9.78 Å². The van der Waals surface area contributed by atoms with Crippen LogP contribution in [0.2, 0.25) is 5.02 Å². The number of hydrogen-bond acceptors (Lipinski definition) is 3. The van der Waals surface area contributed by atoms with Crippen molar-refractivity contribution in [2.24, 2.45) is 0 Å². The second-order valence-corrected chi connectivity index (χ2v) is 4.19. The Morgan fingerprint density at radius 2 is 2.17 bits per heavy atom. The number of benzene rings is 1. The van der Waals surface area contributed by atoms with Crippen LogP contribution in [0.5, 0.6) is 5.75 Å². The number of pyridine rings is 1. The summed E-state index contributed by atoms with van der Waals surface area (Å²) < 4.78 is 0. The van der Waals surface area contributed by atoms with Crippen molar-refractivity contribution < 1.29 is 9.90 Å². The van der Waals surface area contributed by atoms with Crippen LogP contribution in [0.25, 0.3) is 0 Å². The Bertz CT molecular complexity index is 599. The first-order valence-corrected chi connectivity index (χ1v) is 5.67.